The van der Waals surface area contributed by atoms with Crippen molar-refractivity contribution in [1.29, 1.82) is 0 Å². The minimum absolute atomic E-state index is 0.00700. The Kier molecular flexibility index (Phi) is 8.42. The Morgan fingerprint density at radius 3 is 2.46 bits per heavy atom. The molecule has 0 radical (unpaired) electrons. The number of anilines is 1. The van der Waals surface area contributed by atoms with Crippen molar-refractivity contribution in [2.45, 2.75) is 19.6 Å². The predicted molar refractivity (Wildman–Crippen MR) is 156 cm³/mol. The van der Waals surface area contributed by atoms with Crippen molar-refractivity contribution in [3.05, 3.63) is 101 Å². The number of halogens is 2. The van der Waals surface area contributed by atoms with Crippen LogP contribution < -0.4 is 10.1 Å². The summed E-state index contributed by atoms with van der Waals surface area (Å²) < 4.78 is 11.4. The largest absolute Gasteiger partial charge is 0.489 e. The van der Waals surface area contributed by atoms with Gasteiger partial charge in [0, 0.05) is 25.4 Å². The Morgan fingerprint density at radius 2 is 1.69 bits per heavy atom. The second kappa shape index (κ2) is 12.3. The molecule has 0 aliphatic rings. The zero-order valence-corrected chi connectivity index (χ0v) is 23.0. The summed E-state index contributed by atoms with van der Waals surface area (Å²) in [5, 5.41) is 4.21. The lowest BCUT2D eigenvalue weighted by Crippen LogP contribution is -2.19. The maximum atomic E-state index is 6.54. The highest BCUT2D eigenvalue weighted by Gasteiger charge is 2.20. The number of methoxy groups -OCH3 is 1. The van der Waals surface area contributed by atoms with E-state index in [-0.39, 0.29) is 6.10 Å². The summed E-state index contributed by atoms with van der Waals surface area (Å²) in [6.45, 7) is 2.99. The van der Waals surface area contributed by atoms with Crippen molar-refractivity contribution in [3.63, 3.8) is 0 Å². The van der Waals surface area contributed by atoms with Gasteiger partial charge in [0.05, 0.1) is 38.8 Å². The summed E-state index contributed by atoms with van der Waals surface area (Å²) in [6, 6.07) is 25.0. The maximum Gasteiger partial charge on any atom is 0.223 e. The quantitative estimate of drug-likeness (QED) is 0.184. The second-order valence-corrected chi connectivity index (χ2v) is 9.71. The van der Waals surface area contributed by atoms with Gasteiger partial charge in [0.15, 0.2) is 0 Å². The number of hydrogen-bond acceptors (Lipinski definition) is 6. The first-order valence-electron chi connectivity index (χ1n) is 12.4. The first kappa shape index (κ1) is 26.7. The second-order valence-electron chi connectivity index (χ2n) is 8.90. The Balaban J connectivity index is 1.54. The first-order valence-corrected chi connectivity index (χ1v) is 13.2. The smallest absolute Gasteiger partial charge is 0.223 e. The van der Waals surface area contributed by atoms with E-state index in [9.17, 15) is 0 Å². The minimum Gasteiger partial charge on any atom is -0.489 e. The molecule has 0 fully saturated rings. The molecule has 5 aromatic rings. The number of nitrogens with one attached hydrogen (secondary N) is 2. The third-order valence-electron chi connectivity index (χ3n) is 6.12. The summed E-state index contributed by atoms with van der Waals surface area (Å²) in [7, 11) is 1.67. The van der Waals surface area contributed by atoms with Crippen LogP contribution in [0.2, 0.25) is 10.0 Å². The summed E-state index contributed by atoms with van der Waals surface area (Å²) in [6.07, 6.45) is 1.71. The lowest BCUT2D eigenvalue weighted by Gasteiger charge is -2.11. The van der Waals surface area contributed by atoms with Gasteiger partial charge in [-0.2, -0.15) is 0 Å². The highest BCUT2D eigenvalue weighted by Crippen LogP contribution is 2.38. The third-order valence-corrected chi connectivity index (χ3v) is 6.75. The molecule has 0 aliphatic heterocycles. The molecule has 0 bridgehead atoms. The summed E-state index contributed by atoms with van der Waals surface area (Å²) >= 11 is 13.1. The van der Waals surface area contributed by atoms with E-state index in [1.54, 1.807) is 31.5 Å². The molecule has 7 nitrogen and oxygen atoms in total. The van der Waals surface area contributed by atoms with E-state index in [4.69, 9.17) is 42.6 Å². The molecular weight excluding hydrogens is 533 g/mol. The van der Waals surface area contributed by atoms with Gasteiger partial charge in [0.1, 0.15) is 18.2 Å². The maximum absolute atomic E-state index is 6.54. The molecule has 2 N–H and O–H groups in total. The molecular formula is C30H27Cl2N5O2. The molecule has 0 amide bonds. The van der Waals surface area contributed by atoms with Gasteiger partial charge in [-0.25, -0.2) is 15.0 Å². The number of imidazole rings is 1. The number of rotatable bonds is 10. The van der Waals surface area contributed by atoms with Gasteiger partial charge < -0.3 is 19.8 Å². The molecule has 9 heteroatoms. The van der Waals surface area contributed by atoms with Crippen LogP contribution in [0.5, 0.6) is 5.75 Å². The van der Waals surface area contributed by atoms with Gasteiger partial charge in [-0.3, -0.25) is 0 Å². The van der Waals surface area contributed by atoms with E-state index in [1.807, 2.05) is 67.6 Å². The van der Waals surface area contributed by atoms with Gasteiger partial charge in [0.2, 0.25) is 5.95 Å². The minimum atomic E-state index is 0.00700. The van der Waals surface area contributed by atoms with E-state index in [2.05, 4.69) is 15.3 Å². The normalized spacial score (nSPS) is 11.8. The lowest BCUT2D eigenvalue weighted by atomic mass is 10.1. The van der Waals surface area contributed by atoms with Crippen molar-refractivity contribution in [3.8, 4) is 39.8 Å². The molecule has 198 valence electrons. The molecule has 5 rings (SSSR count). The van der Waals surface area contributed by atoms with Crippen LogP contribution in [-0.4, -0.2) is 39.7 Å². The molecule has 39 heavy (non-hydrogen) atoms. The lowest BCUT2D eigenvalue weighted by molar-refractivity contribution is 0.128. The van der Waals surface area contributed by atoms with Crippen LogP contribution in [0.15, 0.2) is 85.1 Å². The first-order chi connectivity index (χ1) is 19.0. The fourth-order valence-corrected chi connectivity index (χ4v) is 4.56. The third kappa shape index (κ3) is 6.40. The van der Waals surface area contributed by atoms with Gasteiger partial charge >= 0.3 is 0 Å². The van der Waals surface area contributed by atoms with Crippen LogP contribution in [0, 0.1) is 0 Å². The summed E-state index contributed by atoms with van der Waals surface area (Å²) in [5.74, 6) is 1.74. The van der Waals surface area contributed by atoms with E-state index in [1.165, 1.54) is 0 Å². The van der Waals surface area contributed by atoms with Gasteiger partial charge in [-0.05, 0) is 42.8 Å². The number of ether oxygens (including phenoxy) is 2. The van der Waals surface area contributed by atoms with E-state index in [0.29, 0.717) is 57.6 Å². The van der Waals surface area contributed by atoms with Crippen LogP contribution >= 0.6 is 23.2 Å². The van der Waals surface area contributed by atoms with Gasteiger partial charge in [-0.15, -0.1) is 0 Å². The Bertz CT molecular complexity index is 1540. The van der Waals surface area contributed by atoms with E-state index >= 15 is 0 Å². The molecule has 1 atom stereocenters. The monoisotopic (exact) mass is 559 g/mol. The number of hydrogen-bond donors (Lipinski definition) is 2. The zero-order chi connectivity index (χ0) is 27.2. The van der Waals surface area contributed by atoms with Crippen molar-refractivity contribution in [2.24, 2.45) is 0 Å². The summed E-state index contributed by atoms with van der Waals surface area (Å²) in [4.78, 5) is 17.5. The van der Waals surface area contributed by atoms with Crippen molar-refractivity contribution in [1.82, 2.24) is 19.9 Å². The number of benzene rings is 3. The molecule has 2 heterocycles. The van der Waals surface area contributed by atoms with E-state index < -0.39 is 0 Å². The molecule has 1 unspecified atom stereocenters. The molecule has 0 saturated heterocycles. The van der Waals surface area contributed by atoms with Crippen LogP contribution in [0.25, 0.3) is 34.0 Å². The summed E-state index contributed by atoms with van der Waals surface area (Å²) in [5.41, 5.74) is 4.59. The highest BCUT2D eigenvalue weighted by molar-refractivity contribution is 6.39. The average molecular weight is 560 g/mol. The molecule has 0 spiro atoms. The predicted octanol–water partition coefficient (Wildman–Crippen LogP) is 7.53. The molecule has 0 aliphatic carbocycles. The fourth-order valence-electron chi connectivity index (χ4n) is 3.99. The number of nitrogens with zero attached hydrogens (tertiary/aromatic N) is 3. The van der Waals surface area contributed by atoms with Crippen molar-refractivity contribution < 1.29 is 9.47 Å². The average Bonchev–Trinajstić information content (AvgIpc) is 3.41. The van der Waals surface area contributed by atoms with Crippen molar-refractivity contribution >= 4 is 29.2 Å². The van der Waals surface area contributed by atoms with Crippen LogP contribution in [-0.2, 0) is 11.3 Å². The Morgan fingerprint density at radius 1 is 0.923 bits per heavy atom. The van der Waals surface area contributed by atoms with Gasteiger partial charge in [0.25, 0.3) is 0 Å². The Hall–Kier alpha value is -3.91. The zero-order valence-electron chi connectivity index (χ0n) is 21.5. The van der Waals surface area contributed by atoms with E-state index in [0.717, 1.165) is 16.9 Å². The van der Waals surface area contributed by atoms with Crippen molar-refractivity contribution in [2.75, 3.05) is 19.0 Å². The van der Waals surface area contributed by atoms with Crippen LogP contribution in [0.1, 0.15) is 12.5 Å². The number of aromatic amines is 1. The number of aromatic nitrogens is 4. The topological polar surface area (TPSA) is 85.0 Å². The fraction of sp³-hybridized carbons (Fsp3) is 0.167. The molecule has 3 aromatic carbocycles. The van der Waals surface area contributed by atoms with Crippen LogP contribution in [0.4, 0.5) is 5.95 Å². The standard InChI is InChI=1S/C30H27Cl2N5O2/c1-19(38-2)17-34-30-33-15-14-25(35-30)28-27(36-29(37-28)26-23(31)12-7-13-24(26)32)21-10-6-11-22(16-21)39-18-20-8-4-3-5-9-20/h3-16,19H,17-18H2,1-2H3,(H,36,37)(H,33,34,35). The number of H-pyrrole nitrogens is 1. The SMILES string of the molecule is COC(C)CNc1nccc(-c2[nH]c(-c3c(Cl)cccc3Cl)nc2-c2cccc(OCc3ccccc3)c2)n1. The highest BCUT2D eigenvalue weighted by atomic mass is 35.5. The molecule has 2 aromatic heterocycles. The molecule has 0 saturated carbocycles. The van der Waals surface area contributed by atoms with Gasteiger partial charge in [-0.1, -0.05) is 71.7 Å². The Labute approximate surface area is 237 Å². The van der Waals surface area contributed by atoms with Crippen LogP contribution in [0.3, 0.4) is 0 Å².